The molecule has 2 unspecified atom stereocenters. The lowest BCUT2D eigenvalue weighted by Crippen LogP contribution is -2.36. The van der Waals surface area contributed by atoms with E-state index in [4.69, 9.17) is 10.00 Å². The fourth-order valence-electron chi connectivity index (χ4n) is 1.68. The standard InChI is InChI=1S/C10H16N2O2/c1-3-12(5-4-11)10(13)9-6-8(2)14-7-9/h8-9H,3,5-7H2,1-2H3. The van der Waals surface area contributed by atoms with Gasteiger partial charge in [-0.25, -0.2) is 0 Å². The molecule has 0 bridgehead atoms. The van der Waals surface area contributed by atoms with E-state index >= 15 is 0 Å². The first-order chi connectivity index (χ1) is 6.69. The predicted molar refractivity (Wildman–Crippen MR) is 51.4 cm³/mol. The zero-order chi connectivity index (χ0) is 10.6. The molecule has 1 aliphatic heterocycles. The molecular formula is C10H16N2O2. The number of hydrogen-bond donors (Lipinski definition) is 0. The molecule has 0 saturated carbocycles. The summed E-state index contributed by atoms with van der Waals surface area (Å²) in [6.45, 7) is 5.13. The monoisotopic (exact) mass is 196 g/mol. The second-order valence-electron chi connectivity index (χ2n) is 3.59. The molecule has 2 atom stereocenters. The molecule has 1 fully saturated rings. The van der Waals surface area contributed by atoms with Gasteiger partial charge in [-0.15, -0.1) is 0 Å². The normalized spacial score (nSPS) is 25.8. The Bertz CT molecular complexity index is 247. The van der Waals surface area contributed by atoms with Crippen LogP contribution in [0, 0.1) is 17.2 Å². The summed E-state index contributed by atoms with van der Waals surface area (Å²) < 4.78 is 5.33. The van der Waals surface area contributed by atoms with Crippen molar-refractivity contribution in [3.63, 3.8) is 0 Å². The summed E-state index contributed by atoms with van der Waals surface area (Å²) in [5, 5.41) is 8.54. The number of rotatable bonds is 3. The maximum atomic E-state index is 11.8. The highest BCUT2D eigenvalue weighted by atomic mass is 16.5. The van der Waals surface area contributed by atoms with E-state index in [0.29, 0.717) is 13.2 Å². The molecule has 1 aliphatic rings. The Kier molecular flexibility index (Phi) is 3.90. The van der Waals surface area contributed by atoms with Crippen LogP contribution in [0.3, 0.4) is 0 Å². The van der Waals surface area contributed by atoms with Crippen molar-refractivity contribution in [2.75, 3.05) is 19.7 Å². The number of carbonyl (C=O) groups excluding carboxylic acids is 1. The molecule has 0 aliphatic carbocycles. The summed E-state index contributed by atoms with van der Waals surface area (Å²) in [5.74, 6) is 0.0108. The van der Waals surface area contributed by atoms with Crippen LogP contribution in [0.5, 0.6) is 0 Å². The van der Waals surface area contributed by atoms with Gasteiger partial charge in [-0.3, -0.25) is 4.79 Å². The Morgan fingerprint density at radius 3 is 2.86 bits per heavy atom. The summed E-state index contributed by atoms with van der Waals surface area (Å²) in [6, 6.07) is 2.00. The van der Waals surface area contributed by atoms with E-state index in [1.165, 1.54) is 0 Å². The largest absolute Gasteiger partial charge is 0.378 e. The predicted octanol–water partition coefficient (Wildman–Crippen LogP) is 0.783. The van der Waals surface area contributed by atoms with Gasteiger partial charge in [0.15, 0.2) is 0 Å². The van der Waals surface area contributed by atoms with Gasteiger partial charge in [0, 0.05) is 6.54 Å². The Morgan fingerprint density at radius 2 is 2.43 bits per heavy atom. The molecule has 78 valence electrons. The fourth-order valence-corrected chi connectivity index (χ4v) is 1.68. The van der Waals surface area contributed by atoms with Gasteiger partial charge in [-0.2, -0.15) is 5.26 Å². The van der Waals surface area contributed by atoms with E-state index in [0.717, 1.165) is 6.42 Å². The first kappa shape index (κ1) is 11.0. The quantitative estimate of drug-likeness (QED) is 0.627. The topological polar surface area (TPSA) is 53.3 Å². The van der Waals surface area contributed by atoms with Crippen LogP contribution in [-0.4, -0.2) is 36.6 Å². The van der Waals surface area contributed by atoms with E-state index < -0.39 is 0 Å². The molecule has 1 rings (SSSR count). The van der Waals surface area contributed by atoms with Gasteiger partial charge in [0.25, 0.3) is 0 Å². The van der Waals surface area contributed by atoms with Crippen molar-refractivity contribution in [1.29, 1.82) is 5.26 Å². The van der Waals surface area contributed by atoms with Crippen LogP contribution >= 0.6 is 0 Å². The average molecular weight is 196 g/mol. The number of hydrogen-bond acceptors (Lipinski definition) is 3. The van der Waals surface area contributed by atoms with Gasteiger partial charge in [0.1, 0.15) is 6.54 Å². The smallest absolute Gasteiger partial charge is 0.228 e. The van der Waals surface area contributed by atoms with Gasteiger partial charge in [-0.05, 0) is 20.3 Å². The maximum absolute atomic E-state index is 11.8. The summed E-state index contributed by atoms with van der Waals surface area (Å²) in [5.41, 5.74) is 0. The fraction of sp³-hybridized carbons (Fsp3) is 0.800. The van der Waals surface area contributed by atoms with Gasteiger partial charge < -0.3 is 9.64 Å². The van der Waals surface area contributed by atoms with E-state index in [2.05, 4.69) is 0 Å². The maximum Gasteiger partial charge on any atom is 0.228 e. The minimum absolute atomic E-state index is 0.0432. The van der Waals surface area contributed by atoms with Crippen LogP contribution in [0.15, 0.2) is 0 Å². The summed E-state index contributed by atoms with van der Waals surface area (Å²) in [7, 11) is 0. The van der Waals surface area contributed by atoms with Gasteiger partial charge in [-0.1, -0.05) is 0 Å². The highest BCUT2D eigenvalue weighted by molar-refractivity contribution is 5.79. The van der Waals surface area contributed by atoms with Crippen molar-refractivity contribution >= 4 is 5.91 Å². The lowest BCUT2D eigenvalue weighted by atomic mass is 10.0. The lowest BCUT2D eigenvalue weighted by molar-refractivity contribution is -0.134. The third kappa shape index (κ3) is 2.46. The highest BCUT2D eigenvalue weighted by Crippen LogP contribution is 2.20. The molecule has 0 aromatic heterocycles. The summed E-state index contributed by atoms with van der Waals surface area (Å²) in [4.78, 5) is 13.4. The third-order valence-corrected chi connectivity index (χ3v) is 2.50. The number of nitrogens with zero attached hydrogens (tertiary/aromatic N) is 2. The van der Waals surface area contributed by atoms with Crippen molar-refractivity contribution in [2.24, 2.45) is 5.92 Å². The van der Waals surface area contributed by atoms with Crippen LogP contribution in [0.25, 0.3) is 0 Å². The molecule has 0 spiro atoms. The third-order valence-electron chi connectivity index (χ3n) is 2.50. The van der Waals surface area contributed by atoms with Gasteiger partial charge in [0.2, 0.25) is 5.91 Å². The first-order valence-corrected chi connectivity index (χ1v) is 4.96. The average Bonchev–Trinajstić information content (AvgIpc) is 2.60. The SMILES string of the molecule is CCN(CC#N)C(=O)C1COC(C)C1. The highest BCUT2D eigenvalue weighted by Gasteiger charge is 2.30. The van der Waals surface area contributed by atoms with Crippen molar-refractivity contribution in [2.45, 2.75) is 26.4 Å². The molecule has 1 saturated heterocycles. The Balaban J connectivity index is 2.51. The number of nitriles is 1. The second kappa shape index (κ2) is 4.97. The number of ether oxygens (including phenoxy) is 1. The van der Waals surface area contributed by atoms with E-state index in [1.807, 2.05) is 19.9 Å². The van der Waals surface area contributed by atoms with Crippen LogP contribution in [-0.2, 0) is 9.53 Å². The Labute approximate surface area is 84.4 Å². The molecule has 1 amide bonds. The molecule has 4 nitrogen and oxygen atoms in total. The number of amides is 1. The van der Waals surface area contributed by atoms with E-state index in [-0.39, 0.29) is 24.5 Å². The Hall–Kier alpha value is -1.08. The first-order valence-electron chi connectivity index (χ1n) is 4.96. The van der Waals surface area contributed by atoms with E-state index in [9.17, 15) is 4.79 Å². The molecule has 14 heavy (non-hydrogen) atoms. The zero-order valence-corrected chi connectivity index (χ0v) is 8.69. The van der Waals surface area contributed by atoms with E-state index in [1.54, 1.807) is 4.90 Å². The lowest BCUT2D eigenvalue weighted by Gasteiger charge is -2.20. The minimum Gasteiger partial charge on any atom is -0.378 e. The molecular weight excluding hydrogens is 180 g/mol. The van der Waals surface area contributed by atoms with Gasteiger partial charge >= 0.3 is 0 Å². The molecule has 1 heterocycles. The van der Waals surface area contributed by atoms with Crippen LogP contribution in [0.2, 0.25) is 0 Å². The molecule has 4 heteroatoms. The van der Waals surface area contributed by atoms with Crippen LogP contribution in [0.1, 0.15) is 20.3 Å². The van der Waals surface area contributed by atoms with Crippen LogP contribution in [0.4, 0.5) is 0 Å². The molecule has 0 radical (unpaired) electrons. The second-order valence-corrected chi connectivity index (χ2v) is 3.59. The van der Waals surface area contributed by atoms with Crippen LogP contribution < -0.4 is 0 Å². The molecule has 0 aromatic carbocycles. The summed E-state index contributed by atoms with van der Waals surface area (Å²) >= 11 is 0. The van der Waals surface area contributed by atoms with Crippen molar-refractivity contribution in [1.82, 2.24) is 4.90 Å². The Morgan fingerprint density at radius 1 is 1.71 bits per heavy atom. The number of carbonyl (C=O) groups is 1. The molecule has 0 aromatic rings. The summed E-state index contributed by atoms with van der Waals surface area (Å²) in [6.07, 6.45) is 0.950. The van der Waals surface area contributed by atoms with Crippen molar-refractivity contribution in [3.05, 3.63) is 0 Å². The zero-order valence-electron chi connectivity index (χ0n) is 8.69. The van der Waals surface area contributed by atoms with Crippen molar-refractivity contribution in [3.8, 4) is 6.07 Å². The van der Waals surface area contributed by atoms with Gasteiger partial charge in [0.05, 0.1) is 24.7 Å². The van der Waals surface area contributed by atoms with Crippen molar-refractivity contribution < 1.29 is 9.53 Å². The molecule has 0 N–H and O–H groups in total. The minimum atomic E-state index is -0.0432.